The zero-order valence-electron chi connectivity index (χ0n) is 16.1. The van der Waals surface area contributed by atoms with E-state index in [2.05, 4.69) is 4.99 Å². The van der Waals surface area contributed by atoms with Crippen LogP contribution in [0.25, 0.3) is 0 Å². The molecule has 0 amide bonds. The number of methoxy groups -OCH3 is 1. The molecule has 0 aliphatic carbocycles. The lowest BCUT2D eigenvalue weighted by molar-refractivity contribution is -0.144. The van der Waals surface area contributed by atoms with E-state index in [9.17, 15) is 9.36 Å². The largest absolute Gasteiger partial charge is 0.467 e. The van der Waals surface area contributed by atoms with Crippen molar-refractivity contribution in [3.05, 3.63) is 84.8 Å². The Kier molecular flexibility index (Phi) is 4.89. The second-order valence-electron chi connectivity index (χ2n) is 6.91. The highest BCUT2D eigenvalue weighted by atomic mass is 31.2. The summed E-state index contributed by atoms with van der Waals surface area (Å²) in [7, 11) is -2.09. The maximum absolute atomic E-state index is 14.8. The van der Waals surface area contributed by atoms with Gasteiger partial charge in [0.05, 0.1) is 19.7 Å². The van der Waals surface area contributed by atoms with Crippen LogP contribution in [0, 0.1) is 0 Å². The summed E-state index contributed by atoms with van der Waals surface area (Å²) >= 11 is 0. The minimum absolute atomic E-state index is 0.484. The first-order valence-corrected chi connectivity index (χ1v) is 10.8. The molecule has 0 saturated heterocycles. The van der Waals surface area contributed by atoms with Crippen molar-refractivity contribution in [2.75, 3.05) is 7.11 Å². The van der Waals surface area contributed by atoms with Gasteiger partial charge in [0.15, 0.2) is 6.04 Å². The van der Waals surface area contributed by atoms with E-state index in [1.807, 2.05) is 60.7 Å². The fourth-order valence-corrected chi connectivity index (χ4v) is 6.71. The number of nitrogens with zero attached hydrogens (tertiary/aromatic N) is 2. The van der Waals surface area contributed by atoms with Crippen LogP contribution in [0.3, 0.4) is 0 Å². The molecule has 0 N–H and O–H groups in total. The number of furan rings is 1. The molecule has 2 heterocycles. The van der Waals surface area contributed by atoms with Gasteiger partial charge in [0.25, 0.3) is 0 Å². The average molecular weight is 408 g/mol. The summed E-state index contributed by atoms with van der Waals surface area (Å²) in [5, 5.41) is 1.28. The third-order valence-electron chi connectivity index (χ3n) is 5.29. The standard InChI is InChI=1S/C22H21N2O4P/c1-22(19-14-9-15-28-19)20(21(25)27-2)23-16-24(22)29(26,17-10-5-3-6-11-17)18-12-7-4-8-13-18/h3-16,20H,1-2H3/t20-,22-/m0/s1. The molecule has 1 aliphatic rings. The Hall–Kier alpha value is -3.11. The number of rotatable bonds is 5. The highest BCUT2D eigenvalue weighted by Gasteiger charge is 2.57. The van der Waals surface area contributed by atoms with Crippen LogP contribution in [-0.2, 0) is 19.6 Å². The van der Waals surface area contributed by atoms with Crippen molar-refractivity contribution in [1.82, 2.24) is 4.67 Å². The molecule has 0 spiro atoms. The Morgan fingerprint density at radius 1 is 1.03 bits per heavy atom. The van der Waals surface area contributed by atoms with Crippen molar-refractivity contribution in [1.29, 1.82) is 0 Å². The van der Waals surface area contributed by atoms with Crippen LogP contribution in [0.2, 0.25) is 0 Å². The lowest BCUT2D eigenvalue weighted by atomic mass is 9.91. The van der Waals surface area contributed by atoms with Crippen molar-refractivity contribution >= 4 is 30.2 Å². The maximum atomic E-state index is 14.8. The number of carbonyl (C=O) groups is 1. The van der Waals surface area contributed by atoms with E-state index >= 15 is 0 Å². The molecular formula is C22H21N2O4P. The number of hydrogen-bond acceptors (Lipinski definition) is 5. The molecule has 2 atom stereocenters. The number of esters is 1. The zero-order valence-corrected chi connectivity index (χ0v) is 17.0. The van der Waals surface area contributed by atoms with Crippen LogP contribution in [0.5, 0.6) is 0 Å². The fourth-order valence-electron chi connectivity index (χ4n) is 3.76. The van der Waals surface area contributed by atoms with Gasteiger partial charge in [-0.2, -0.15) is 0 Å². The first kappa shape index (κ1) is 19.2. The summed E-state index contributed by atoms with van der Waals surface area (Å²) in [5.41, 5.74) is -1.13. The van der Waals surface area contributed by atoms with Gasteiger partial charge in [0, 0.05) is 10.6 Å². The van der Waals surface area contributed by atoms with Gasteiger partial charge in [-0.3, -0.25) is 14.2 Å². The Morgan fingerprint density at radius 2 is 1.62 bits per heavy atom. The van der Waals surface area contributed by atoms with Gasteiger partial charge in [0.2, 0.25) is 7.29 Å². The molecule has 0 radical (unpaired) electrons. The normalized spacial score (nSPS) is 21.3. The monoisotopic (exact) mass is 408 g/mol. The average Bonchev–Trinajstić information content (AvgIpc) is 3.43. The SMILES string of the molecule is COC(=O)[C@@H]1N=CN(P(=O)(c2ccccc2)c2ccccc2)[C@@]1(C)c1ccco1. The smallest absolute Gasteiger partial charge is 0.333 e. The topological polar surface area (TPSA) is 72.1 Å². The molecule has 0 unspecified atom stereocenters. The van der Waals surface area contributed by atoms with E-state index < -0.39 is 24.8 Å². The Bertz CT molecular complexity index is 1020. The molecular weight excluding hydrogens is 387 g/mol. The van der Waals surface area contributed by atoms with Crippen LogP contribution < -0.4 is 10.6 Å². The van der Waals surface area contributed by atoms with Crippen molar-refractivity contribution in [3.8, 4) is 0 Å². The molecule has 6 nitrogen and oxygen atoms in total. The zero-order chi connectivity index (χ0) is 20.5. The van der Waals surface area contributed by atoms with Crippen LogP contribution in [0.15, 0.2) is 88.5 Å². The Balaban J connectivity index is 1.96. The first-order chi connectivity index (χ1) is 14.0. The molecule has 148 valence electrons. The van der Waals surface area contributed by atoms with E-state index in [-0.39, 0.29) is 0 Å². The van der Waals surface area contributed by atoms with Crippen molar-refractivity contribution in [2.24, 2.45) is 4.99 Å². The number of benzene rings is 2. The molecule has 29 heavy (non-hydrogen) atoms. The van der Waals surface area contributed by atoms with Crippen LogP contribution >= 0.6 is 7.29 Å². The third kappa shape index (κ3) is 2.91. The minimum atomic E-state index is -3.41. The lowest BCUT2D eigenvalue weighted by Gasteiger charge is -2.41. The number of hydrogen-bond donors (Lipinski definition) is 0. The molecule has 1 aromatic heterocycles. The Labute approximate surface area is 169 Å². The van der Waals surface area contributed by atoms with Gasteiger partial charge in [-0.1, -0.05) is 36.4 Å². The lowest BCUT2D eigenvalue weighted by Crippen LogP contribution is -2.50. The molecule has 4 rings (SSSR count). The number of carbonyl (C=O) groups excluding carboxylic acids is 1. The summed E-state index contributed by atoms with van der Waals surface area (Å²) in [6.45, 7) is 1.80. The predicted octanol–water partition coefficient (Wildman–Crippen LogP) is 3.31. The number of ether oxygens (including phenoxy) is 1. The molecule has 1 aliphatic heterocycles. The number of aliphatic imine (C=N–C) groups is 1. The summed E-state index contributed by atoms with van der Waals surface area (Å²) in [4.78, 5) is 17.0. The van der Waals surface area contributed by atoms with Crippen molar-refractivity contribution in [2.45, 2.75) is 18.5 Å². The Morgan fingerprint density at radius 3 is 2.10 bits per heavy atom. The highest BCUT2D eigenvalue weighted by molar-refractivity contribution is 7.77. The molecule has 3 aromatic rings. The van der Waals surface area contributed by atoms with Gasteiger partial charge >= 0.3 is 5.97 Å². The second kappa shape index (κ2) is 7.37. The van der Waals surface area contributed by atoms with E-state index in [1.54, 1.807) is 23.7 Å². The van der Waals surface area contributed by atoms with E-state index in [0.29, 0.717) is 16.4 Å². The van der Waals surface area contributed by atoms with E-state index in [1.165, 1.54) is 19.7 Å². The summed E-state index contributed by atoms with van der Waals surface area (Å²) in [5.74, 6) is -0.0344. The molecule has 7 heteroatoms. The fraction of sp³-hybridized carbons (Fsp3) is 0.182. The van der Waals surface area contributed by atoms with E-state index in [4.69, 9.17) is 9.15 Å². The maximum Gasteiger partial charge on any atom is 0.333 e. The van der Waals surface area contributed by atoms with Gasteiger partial charge in [-0.15, -0.1) is 0 Å². The highest BCUT2D eigenvalue weighted by Crippen LogP contribution is 2.56. The first-order valence-electron chi connectivity index (χ1n) is 9.19. The van der Waals surface area contributed by atoms with Crippen molar-refractivity contribution in [3.63, 3.8) is 0 Å². The quantitative estimate of drug-likeness (QED) is 0.479. The molecule has 0 fully saturated rings. The molecule has 0 saturated carbocycles. The van der Waals surface area contributed by atoms with Gasteiger partial charge in [-0.25, -0.2) is 4.79 Å². The van der Waals surface area contributed by atoms with Gasteiger partial charge in [0.1, 0.15) is 11.3 Å². The minimum Gasteiger partial charge on any atom is -0.467 e. The summed E-state index contributed by atoms with van der Waals surface area (Å²) in [6.07, 6.45) is 3.02. The molecule has 2 aromatic carbocycles. The summed E-state index contributed by atoms with van der Waals surface area (Å²) in [6, 6.07) is 21.0. The van der Waals surface area contributed by atoms with Crippen LogP contribution in [-0.4, -0.2) is 30.1 Å². The van der Waals surface area contributed by atoms with Crippen LogP contribution in [0.1, 0.15) is 12.7 Å². The van der Waals surface area contributed by atoms with Crippen molar-refractivity contribution < 1.29 is 18.5 Å². The second-order valence-corrected chi connectivity index (χ2v) is 9.52. The van der Waals surface area contributed by atoms with Gasteiger partial charge < -0.3 is 9.15 Å². The summed E-state index contributed by atoms with van der Waals surface area (Å²) < 4.78 is 27.2. The third-order valence-corrected chi connectivity index (χ3v) is 8.42. The van der Waals surface area contributed by atoms with Crippen LogP contribution in [0.4, 0.5) is 0 Å². The molecule has 0 bridgehead atoms. The predicted molar refractivity (Wildman–Crippen MR) is 112 cm³/mol. The van der Waals surface area contributed by atoms with E-state index in [0.717, 1.165) is 0 Å². The van der Waals surface area contributed by atoms with Gasteiger partial charge in [-0.05, 0) is 43.3 Å².